The molecule has 2 saturated heterocycles. The van der Waals surface area contributed by atoms with Gasteiger partial charge >= 0.3 is 0 Å². The Morgan fingerprint density at radius 2 is 1.88 bits per heavy atom. The quantitative estimate of drug-likeness (QED) is 0.681. The van der Waals surface area contributed by atoms with Crippen molar-refractivity contribution in [3.05, 3.63) is 33.8 Å². The molecule has 2 aliphatic rings. The lowest BCUT2D eigenvalue weighted by Crippen LogP contribution is -2.43. The summed E-state index contributed by atoms with van der Waals surface area (Å²) < 4.78 is 0. The van der Waals surface area contributed by atoms with Gasteiger partial charge in [0.1, 0.15) is 0 Å². The molecule has 0 aliphatic carbocycles. The number of likely N-dealkylation sites (tertiary alicyclic amines) is 1. The second kappa shape index (κ2) is 8.50. The minimum atomic E-state index is 0.301. The van der Waals surface area contributed by atoms with Crippen LogP contribution >= 0.6 is 23.2 Å². The molecule has 0 aromatic heterocycles. The Hall–Kier alpha value is -0.770. The fourth-order valence-corrected chi connectivity index (χ4v) is 4.84. The molecule has 5 heteroatoms. The van der Waals surface area contributed by atoms with Crippen LogP contribution in [0.2, 0.25) is 10.0 Å². The third-order valence-electron chi connectivity index (χ3n) is 6.41. The van der Waals surface area contributed by atoms with Gasteiger partial charge in [0.15, 0.2) is 0 Å². The van der Waals surface area contributed by atoms with Crippen LogP contribution in [0, 0.1) is 5.92 Å². The van der Waals surface area contributed by atoms with E-state index in [4.69, 9.17) is 23.2 Å². The van der Waals surface area contributed by atoms with E-state index in [0.29, 0.717) is 46.3 Å². The first kappa shape index (κ1) is 20.0. The minimum Gasteiger partial charge on any atom is -0.341 e. The first-order valence-corrected chi connectivity index (χ1v) is 10.6. The van der Waals surface area contributed by atoms with E-state index in [-0.39, 0.29) is 0 Å². The number of nitrogens with zero attached hydrogens (tertiary/aromatic N) is 2. The Labute approximate surface area is 167 Å². The normalized spacial score (nSPS) is 25.8. The number of halogens is 2. The maximum Gasteiger partial charge on any atom is 0.222 e. The zero-order valence-electron chi connectivity index (χ0n) is 16.0. The van der Waals surface area contributed by atoms with Crippen molar-refractivity contribution in [3.8, 4) is 0 Å². The van der Waals surface area contributed by atoms with Crippen molar-refractivity contribution in [2.75, 3.05) is 19.6 Å². The van der Waals surface area contributed by atoms with E-state index >= 15 is 0 Å². The number of hydrogen-bond donors (Lipinski definition) is 0. The molecule has 2 fully saturated rings. The average molecular weight is 397 g/mol. The summed E-state index contributed by atoms with van der Waals surface area (Å²) in [6, 6.07) is 7.13. The highest BCUT2D eigenvalue weighted by molar-refractivity contribution is 6.42. The molecular weight excluding hydrogens is 367 g/mol. The molecule has 1 aromatic carbocycles. The van der Waals surface area contributed by atoms with E-state index in [0.717, 1.165) is 26.1 Å². The molecule has 0 saturated carbocycles. The Morgan fingerprint density at radius 3 is 2.58 bits per heavy atom. The lowest BCUT2D eigenvalue weighted by Gasteiger charge is -2.33. The first-order valence-electron chi connectivity index (χ1n) is 9.89. The van der Waals surface area contributed by atoms with Gasteiger partial charge in [-0.05, 0) is 48.8 Å². The van der Waals surface area contributed by atoms with Crippen molar-refractivity contribution < 1.29 is 4.79 Å². The third-order valence-corrected chi connectivity index (χ3v) is 7.15. The number of amides is 1. The molecule has 0 spiro atoms. The predicted molar refractivity (Wildman–Crippen MR) is 109 cm³/mol. The zero-order chi connectivity index (χ0) is 18.8. The van der Waals surface area contributed by atoms with E-state index in [2.05, 4.69) is 29.7 Å². The number of hydrogen-bond acceptors (Lipinski definition) is 2. The summed E-state index contributed by atoms with van der Waals surface area (Å²) in [4.78, 5) is 16.9. The number of carbonyl (C=O) groups is 1. The first-order chi connectivity index (χ1) is 12.4. The predicted octanol–water partition coefficient (Wildman–Crippen LogP) is 5.21. The van der Waals surface area contributed by atoms with Gasteiger partial charge in [-0.15, -0.1) is 0 Å². The Morgan fingerprint density at radius 1 is 1.15 bits per heavy atom. The second-order valence-electron chi connectivity index (χ2n) is 8.00. The number of rotatable bonds is 5. The van der Waals surface area contributed by atoms with Crippen molar-refractivity contribution in [2.24, 2.45) is 5.92 Å². The van der Waals surface area contributed by atoms with Gasteiger partial charge in [-0.1, -0.05) is 50.0 Å². The number of carbonyl (C=O) groups excluding carboxylic acids is 1. The molecule has 3 unspecified atom stereocenters. The molecule has 26 heavy (non-hydrogen) atoms. The van der Waals surface area contributed by atoms with Crippen molar-refractivity contribution in [1.29, 1.82) is 0 Å². The Bertz CT molecular complexity index is 651. The summed E-state index contributed by atoms with van der Waals surface area (Å²) in [6.45, 7) is 9.45. The average Bonchev–Trinajstić information content (AvgIpc) is 2.89. The Balaban J connectivity index is 1.67. The van der Waals surface area contributed by atoms with Gasteiger partial charge in [0.05, 0.1) is 10.0 Å². The number of fused-ring (bicyclic) bond motifs is 2. The molecule has 144 valence electrons. The van der Waals surface area contributed by atoms with E-state index in [9.17, 15) is 4.79 Å². The molecule has 0 radical (unpaired) electrons. The van der Waals surface area contributed by atoms with Crippen LogP contribution in [0.3, 0.4) is 0 Å². The van der Waals surface area contributed by atoms with Crippen LogP contribution in [-0.4, -0.2) is 47.4 Å². The summed E-state index contributed by atoms with van der Waals surface area (Å²) in [5.41, 5.74) is 1.25. The van der Waals surface area contributed by atoms with E-state index in [1.807, 2.05) is 19.1 Å². The minimum absolute atomic E-state index is 0.301. The monoisotopic (exact) mass is 396 g/mol. The molecule has 2 aliphatic heterocycles. The van der Waals surface area contributed by atoms with Gasteiger partial charge < -0.3 is 4.90 Å². The molecule has 1 aromatic rings. The summed E-state index contributed by atoms with van der Waals surface area (Å²) in [7, 11) is 0. The zero-order valence-corrected chi connectivity index (χ0v) is 17.6. The van der Waals surface area contributed by atoms with Crippen LogP contribution in [0.1, 0.15) is 57.9 Å². The van der Waals surface area contributed by atoms with Gasteiger partial charge in [-0.25, -0.2) is 0 Å². The summed E-state index contributed by atoms with van der Waals surface area (Å²) in [5.74, 6) is 1.24. The van der Waals surface area contributed by atoms with Crippen LogP contribution in [0.4, 0.5) is 0 Å². The van der Waals surface area contributed by atoms with Crippen LogP contribution in [0.25, 0.3) is 0 Å². The maximum atomic E-state index is 12.2. The highest BCUT2D eigenvalue weighted by Crippen LogP contribution is 2.35. The highest BCUT2D eigenvalue weighted by atomic mass is 35.5. The lowest BCUT2D eigenvalue weighted by atomic mass is 9.88. The van der Waals surface area contributed by atoms with Gasteiger partial charge in [0.25, 0.3) is 0 Å². The molecule has 1 amide bonds. The topological polar surface area (TPSA) is 23.6 Å². The van der Waals surface area contributed by atoms with Crippen LogP contribution in [0.15, 0.2) is 18.2 Å². The van der Waals surface area contributed by atoms with Gasteiger partial charge in [0, 0.05) is 38.1 Å². The van der Waals surface area contributed by atoms with Crippen molar-refractivity contribution in [3.63, 3.8) is 0 Å². The van der Waals surface area contributed by atoms with E-state index in [1.54, 1.807) is 0 Å². The van der Waals surface area contributed by atoms with Gasteiger partial charge in [-0.2, -0.15) is 0 Å². The van der Waals surface area contributed by atoms with Crippen LogP contribution < -0.4 is 0 Å². The van der Waals surface area contributed by atoms with Crippen LogP contribution in [-0.2, 0) is 4.79 Å². The molecule has 3 nitrogen and oxygen atoms in total. The lowest BCUT2D eigenvalue weighted by molar-refractivity contribution is -0.131. The maximum absolute atomic E-state index is 12.2. The van der Waals surface area contributed by atoms with Crippen LogP contribution in [0.5, 0.6) is 0 Å². The highest BCUT2D eigenvalue weighted by Gasteiger charge is 2.39. The molecule has 2 bridgehead atoms. The molecule has 2 heterocycles. The third kappa shape index (κ3) is 4.21. The van der Waals surface area contributed by atoms with E-state index in [1.165, 1.54) is 18.4 Å². The van der Waals surface area contributed by atoms with E-state index < -0.39 is 0 Å². The largest absolute Gasteiger partial charge is 0.341 e. The fraction of sp³-hybridized carbons (Fsp3) is 0.667. The smallest absolute Gasteiger partial charge is 0.222 e. The second-order valence-corrected chi connectivity index (χ2v) is 8.82. The van der Waals surface area contributed by atoms with Crippen molar-refractivity contribution >= 4 is 29.1 Å². The molecular formula is C21H30Cl2N2O. The number of benzene rings is 1. The molecule has 0 N–H and O–H groups in total. The summed E-state index contributed by atoms with van der Waals surface area (Å²) >= 11 is 12.3. The van der Waals surface area contributed by atoms with Gasteiger partial charge in [0.2, 0.25) is 5.91 Å². The molecule has 4 atom stereocenters. The SMILES string of the molecule is CCC(=O)N1CCC2CCC(C1)N2C[C@H](C)C(C)c1ccc(Cl)c(Cl)c1. The fourth-order valence-electron chi connectivity index (χ4n) is 4.53. The Kier molecular flexibility index (Phi) is 6.53. The summed E-state index contributed by atoms with van der Waals surface area (Å²) in [5, 5.41) is 1.24. The standard InChI is InChI=1S/C21H30Cl2N2O/c1-4-21(26)24-10-9-17-6-7-18(13-24)25(17)12-14(2)15(3)16-5-8-19(22)20(23)11-16/h5,8,11,14-15,17-18H,4,6-7,9-10,12-13H2,1-3H3/t14-,15?,17?,18?/m0/s1. The molecule has 3 rings (SSSR count). The van der Waals surface area contributed by atoms with Gasteiger partial charge in [-0.3, -0.25) is 9.69 Å². The van der Waals surface area contributed by atoms with Crippen molar-refractivity contribution in [1.82, 2.24) is 9.80 Å². The van der Waals surface area contributed by atoms with Crippen molar-refractivity contribution in [2.45, 2.75) is 64.5 Å². The summed E-state index contributed by atoms with van der Waals surface area (Å²) in [6.07, 6.45) is 4.21.